The van der Waals surface area contributed by atoms with Crippen LogP contribution in [0.5, 0.6) is 5.75 Å². The van der Waals surface area contributed by atoms with E-state index in [1.165, 1.54) is 141 Å². The number of rotatable bonds is 0. The number of oxazole rings is 2. The highest BCUT2D eigenvalue weighted by molar-refractivity contribution is 7.26. The van der Waals surface area contributed by atoms with Crippen LogP contribution in [0.3, 0.4) is 0 Å². The van der Waals surface area contributed by atoms with E-state index in [-0.39, 0.29) is 75.8 Å². The normalized spacial score (nSPS) is 13.4. The summed E-state index contributed by atoms with van der Waals surface area (Å²) in [6.45, 7) is 94.0. The summed E-state index contributed by atoms with van der Waals surface area (Å²) in [6, 6.07) is 71.1. The van der Waals surface area contributed by atoms with E-state index in [4.69, 9.17) is 37.9 Å². The molecule has 0 aliphatic carbocycles. The van der Waals surface area contributed by atoms with Crippen molar-refractivity contribution in [3.63, 3.8) is 0 Å². The largest absolute Gasteiger partial charge is 0.488 e. The van der Waals surface area contributed by atoms with Crippen molar-refractivity contribution in [3.8, 4) is 16.9 Å². The van der Waals surface area contributed by atoms with Crippen molar-refractivity contribution < 1.29 is 18.0 Å². The molecule has 0 saturated carbocycles. The maximum Gasteiger partial charge on any atom is 0.200 e. The molecule has 146 heavy (non-hydrogen) atoms. The monoisotopic (exact) mass is 2040 g/mol. The zero-order valence-electron chi connectivity index (χ0n) is 95.5. The second-order valence-corrected chi connectivity index (χ2v) is 60.2. The van der Waals surface area contributed by atoms with Crippen LogP contribution in [-0.2, 0) is 82.4 Å². The summed E-state index contributed by atoms with van der Waals surface area (Å²) in [6.07, 6.45) is 0. The number of hydrogen-bond donors (Lipinski definition) is 0. The van der Waals surface area contributed by atoms with Gasteiger partial charge in [0, 0.05) is 89.5 Å². The lowest BCUT2D eigenvalue weighted by Gasteiger charge is -2.27. The van der Waals surface area contributed by atoms with Crippen molar-refractivity contribution in [1.82, 2.24) is 29.9 Å². The summed E-state index contributed by atoms with van der Waals surface area (Å²) in [5, 5.41) is 10.4. The molecule has 20 aromatic rings. The molecular formula is C131H160N6O4S5. The van der Waals surface area contributed by atoms with Crippen LogP contribution in [-0.4, -0.2) is 29.9 Å². The first-order chi connectivity index (χ1) is 67.1. The van der Waals surface area contributed by atoms with E-state index in [0.29, 0.717) is 6.61 Å². The van der Waals surface area contributed by atoms with Gasteiger partial charge in [-0.05, 0) is 212 Å². The number of fused-ring (bicyclic) bond motifs is 17. The van der Waals surface area contributed by atoms with Crippen LogP contribution >= 0.6 is 56.7 Å². The molecule has 0 spiro atoms. The average molecular weight is 2040 g/mol. The van der Waals surface area contributed by atoms with Crippen molar-refractivity contribution in [2.24, 2.45) is 0 Å². The Hall–Kier alpha value is -10.5. The minimum absolute atomic E-state index is 0.107. The minimum Gasteiger partial charge on any atom is -0.488 e. The Kier molecular flexibility index (Phi) is 29.4. The van der Waals surface area contributed by atoms with Crippen LogP contribution in [0, 0.1) is 0 Å². The molecule has 0 fully saturated rings. The molecule has 21 rings (SSSR count). The standard InChI is InChI=1S/C21H26O.C20H24N2.C20H24O.C20H24S.C18H22S2.C16H20N2O2.C16H20N2S2/c1-20(2,3)15-7-9-17-14(11-15)13-22-19-12-16(21(4,5)6)8-10-18(17)19;1-19(2,3)13-7-9-15-17(11-13)21-16-10-8-14(20(4,5)6)12-18(16)22-15;2*1-19(2,3)13-7-9-15-16-10-8-14(20(4,5)6)12-18(16)21-17(15)11-13;1-17(2,3)15-9-11-7-14-12(8-13(11)19-15)10-16(20-14)18(4,5)6;2*1-15(2,3)13-17-9-7-12-10(8-11(9)19-13)18-14(20-12)16(4,5)6/h7-12H,13H2,1-6H3;7-12H,1-6H3;2*7-12H,1-6H3;7-10H,1-6H3;2*7-8H,1-6H3. The smallest absolute Gasteiger partial charge is 0.200 e. The molecule has 0 radical (unpaired) electrons. The van der Waals surface area contributed by atoms with Crippen LogP contribution in [0.15, 0.2) is 207 Å². The fraction of sp³-hybridized carbons (Fsp3) is 0.435. The highest BCUT2D eigenvalue weighted by Gasteiger charge is 2.32. The number of furan rings is 1. The van der Waals surface area contributed by atoms with Crippen LogP contribution in [0.2, 0.25) is 0 Å². The van der Waals surface area contributed by atoms with Crippen molar-refractivity contribution in [2.45, 2.75) is 373 Å². The third-order valence-electron chi connectivity index (χ3n) is 27.1. The Morgan fingerprint density at radius 1 is 0.199 bits per heavy atom. The van der Waals surface area contributed by atoms with Gasteiger partial charge in [-0.3, -0.25) is 0 Å². The lowest BCUT2D eigenvalue weighted by atomic mass is 9.82. The third-order valence-corrected chi connectivity index (χ3v) is 34.1. The second kappa shape index (κ2) is 39.1. The van der Waals surface area contributed by atoms with Gasteiger partial charge in [0.1, 0.15) is 34.6 Å². The van der Waals surface area contributed by atoms with E-state index in [2.05, 4.69) is 483 Å². The van der Waals surface area contributed by atoms with E-state index >= 15 is 0 Å². The molecule has 768 valence electrons. The van der Waals surface area contributed by atoms with Gasteiger partial charge in [-0.25, -0.2) is 29.9 Å². The van der Waals surface area contributed by atoms with E-state index in [9.17, 15) is 0 Å². The second-order valence-electron chi connectivity index (χ2n) is 54.9. The Balaban J connectivity index is 0.000000128. The predicted octanol–water partition coefficient (Wildman–Crippen LogP) is 40.8. The number of benzene rings is 11. The van der Waals surface area contributed by atoms with Gasteiger partial charge in [-0.15, -0.1) is 56.7 Å². The zero-order valence-corrected chi connectivity index (χ0v) is 99.6. The van der Waals surface area contributed by atoms with Crippen LogP contribution in [0.25, 0.3) is 138 Å². The van der Waals surface area contributed by atoms with Gasteiger partial charge in [-0.2, -0.15) is 0 Å². The molecule has 9 aromatic heterocycles. The first-order valence-corrected chi connectivity index (χ1v) is 56.2. The summed E-state index contributed by atoms with van der Waals surface area (Å²) in [4.78, 5) is 31.3. The molecule has 0 atom stereocenters. The molecule has 15 heteroatoms. The minimum atomic E-state index is -0.107. The van der Waals surface area contributed by atoms with Crippen molar-refractivity contribution >= 4 is 184 Å². The molecular weight excluding hydrogens is 1880 g/mol. The van der Waals surface area contributed by atoms with E-state index < -0.39 is 0 Å². The number of thiophene rings is 3. The quantitative estimate of drug-likeness (QED) is 0.135. The fourth-order valence-corrected chi connectivity index (χ4v) is 22.8. The van der Waals surface area contributed by atoms with Gasteiger partial charge in [0.15, 0.2) is 11.2 Å². The van der Waals surface area contributed by atoms with Gasteiger partial charge in [0.05, 0.1) is 52.5 Å². The number of thiazole rings is 2. The van der Waals surface area contributed by atoms with Gasteiger partial charge >= 0.3 is 0 Å². The molecule has 10 nitrogen and oxygen atoms in total. The molecule has 0 unspecified atom stereocenters. The molecule has 11 aromatic carbocycles. The highest BCUT2D eigenvalue weighted by atomic mass is 32.1. The Bertz CT molecular complexity index is 7160. The van der Waals surface area contributed by atoms with E-state index in [1.807, 2.05) is 46.1 Å². The average Bonchev–Trinajstić information content (AvgIpc) is 1.74. The Morgan fingerprint density at radius 2 is 0.521 bits per heavy atom. The lowest BCUT2D eigenvalue weighted by Crippen LogP contribution is -2.15. The highest BCUT2D eigenvalue weighted by Crippen LogP contribution is 2.48. The third kappa shape index (κ3) is 24.9. The van der Waals surface area contributed by atoms with Gasteiger partial charge in [0.2, 0.25) is 11.8 Å². The summed E-state index contributed by atoms with van der Waals surface area (Å²) in [5.41, 5.74) is 27.6. The Morgan fingerprint density at radius 3 is 0.870 bits per heavy atom. The van der Waals surface area contributed by atoms with Gasteiger partial charge in [-0.1, -0.05) is 382 Å². The molecule has 0 amide bonds. The maximum absolute atomic E-state index is 6.12. The molecule has 1 aliphatic rings. The van der Waals surface area contributed by atoms with E-state index in [0.717, 1.165) is 84.0 Å². The van der Waals surface area contributed by atoms with Crippen molar-refractivity contribution in [1.29, 1.82) is 0 Å². The SMILES string of the molecule is CC(C)(C)c1cc2cc3sc(C(C)(C)C)cc3cc2s1.CC(C)(C)c1ccc2c(c1)COc1cc(C(C)(C)C)ccc1-2.CC(C)(C)c1ccc2c(c1)oc1cc(C(C)(C)C)ccc12.CC(C)(C)c1ccc2c(c1)sc1cc(C(C)(C)C)ccc12.CC(C)(C)c1ccc2nc3cc(C(C)(C)C)ccc3nc2c1.CC(C)(C)c1nc2cc3oc(C(C)(C)C)nc3cc2o1.CC(C)(C)c1nc2cc3sc(C(C)(C)C)nc3cc2s1. The molecule has 1 aliphatic heterocycles. The topological polar surface area (TPSA) is 126 Å². The summed E-state index contributed by atoms with van der Waals surface area (Å²) < 4.78 is 32.0. The number of nitrogens with zero attached hydrogens (tertiary/aromatic N) is 6. The molecule has 0 saturated heterocycles. The van der Waals surface area contributed by atoms with Crippen LogP contribution in [0.4, 0.5) is 0 Å². The van der Waals surface area contributed by atoms with Crippen molar-refractivity contribution in [2.75, 3.05) is 0 Å². The molecule has 0 N–H and O–H groups in total. The first-order valence-electron chi connectivity index (χ1n) is 52.1. The lowest BCUT2D eigenvalue weighted by molar-refractivity contribution is 0.301. The predicted molar refractivity (Wildman–Crippen MR) is 640 cm³/mol. The van der Waals surface area contributed by atoms with Crippen molar-refractivity contribution in [3.05, 3.63) is 276 Å². The number of ether oxygens (including phenoxy) is 1. The van der Waals surface area contributed by atoms with Crippen LogP contribution < -0.4 is 4.74 Å². The van der Waals surface area contributed by atoms with Gasteiger partial charge in [0.25, 0.3) is 0 Å². The summed E-state index contributed by atoms with van der Waals surface area (Å²) in [5.74, 6) is 2.48. The molecule has 10 heterocycles. The summed E-state index contributed by atoms with van der Waals surface area (Å²) >= 11 is 9.38. The van der Waals surface area contributed by atoms with E-state index in [1.54, 1.807) is 22.7 Å². The zero-order chi connectivity index (χ0) is 107. The number of hydrogen-bond acceptors (Lipinski definition) is 15. The Labute approximate surface area is 890 Å². The fourth-order valence-electron chi connectivity index (χ4n) is 17.2. The number of aromatic nitrogens is 6. The van der Waals surface area contributed by atoms with Gasteiger partial charge < -0.3 is 18.0 Å². The van der Waals surface area contributed by atoms with Crippen LogP contribution in [0.1, 0.15) is 372 Å². The summed E-state index contributed by atoms with van der Waals surface area (Å²) in [7, 11) is 0. The molecule has 0 bridgehead atoms. The first kappa shape index (κ1) is 110. The maximum atomic E-state index is 6.12.